The van der Waals surface area contributed by atoms with Gasteiger partial charge in [-0.25, -0.2) is 9.37 Å². The SMILES string of the molecule is CC(C)C(=O)N1CCN(c2nc3c(F)cccc3s2)CC1. The molecule has 4 nitrogen and oxygen atoms in total. The maximum Gasteiger partial charge on any atom is 0.225 e. The second kappa shape index (κ2) is 5.60. The van der Waals surface area contributed by atoms with E-state index in [0.29, 0.717) is 18.6 Å². The molecule has 0 bridgehead atoms. The first-order valence-corrected chi connectivity index (χ1v) is 7.96. The molecule has 1 amide bonds. The average molecular weight is 307 g/mol. The maximum absolute atomic E-state index is 13.7. The molecule has 0 spiro atoms. The zero-order valence-electron chi connectivity index (χ0n) is 12.2. The van der Waals surface area contributed by atoms with Gasteiger partial charge in [-0.3, -0.25) is 4.79 Å². The number of carbonyl (C=O) groups is 1. The molecule has 0 unspecified atom stereocenters. The third kappa shape index (κ3) is 2.72. The number of hydrogen-bond donors (Lipinski definition) is 0. The third-order valence-electron chi connectivity index (χ3n) is 3.71. The lowest BCUT2D eigenvalue weighted by molar-refractivity contribution is -0.134. The largest absolute Gasteiger partial charge is 0.345 e. The summed E-state index contributed by atoms with van der Waals surface area (Å²) in [5.74, 6) is -0.0401. The van der Waals surface area contributed by atoms with E-state index in [-0.39, 0.29) is 17.6 Å². The lowest BCUT2D eigenvalue weighted by atomic mass is 10.2. The molecule has 0 saturated carbocycles. The summed E-state index contributed by atoms with van der Waals surface area (Å²) in [5, 5.41) is 0.840. The number of halogens is 1. The number of hydrogen-bond acceptors (Lipinski definition) is 4. The molecule has 2 heterocycles. The van der Waals surface area contributed by atoms with Crippen molar-refractivity contribution < 1.29 is 9.18 Å². The summed E-state index contributed by atoms with van der Waals surface area (Å²) in [6.45, 7) is 6.75. The Hall–Kier alpha value is -1.69. The van der Waals surface area contributed by atoms with Crippen LogP contribution in [0.5, 0.6) is 0 Å². The highest BCUT2D eigenvalue weighted by molar-refractivity contribution is 7.22. The number of rotatable bonds is 2. The van der Waals surface area contributed by atoms with Crippen LogP contribution in [0.2, 0.25) is 0 Å². The first-order chi connectivity index (χ1) is 10.1. The Labute approximate surface area is 127 Å². The van der Waals surface area contributed by atoms with Gasteiger partial charge in [0.1, 0.15) is 11.3 Å². The topological polar surface area (TPSA) is 36.4 Å². The fourth-order valence-corrected chi connectivity index (χ4v) is 3.55. The number of benzene rings is 1. The van der Waals surface area contributed by atoms with Crippen molar-refractivity contribution in [3.8, 4) is 0 Å². The third-order valence-corrected chi connectivity index (χ3v) is 4.80. The fourth-order valence-electron chi connectivity index (χ4n) is 2.52. The van der Waals surface area contributed by atoms with E-state index in [2.05, 4.69) is 9.88 Å². The van der Waals surface area contributed by atoms with Gasteiger partial charge >= 0.3 is 0 Å². The van der Waals surface area contributed by atoms with E-state index >= 15 is 0 Å². The van der Waals surface area contributed by atoms with Crippen LogP contribution in [0.3, 0.4) is 0 Å². The molecule has 6 heteroatoms. The van der Waals surface area contributed by atoms with Gasteiger partial charge in [0.2, 0.25) is 5.91 Å². The van der Waals surface area contributed by atoms with Crippen LogP contribution in [0.15, 0.2) is 18.2 Å². The molecule has 1 aromatic heterocycles. The normalized spacial score (nSPS) is 16.0. The summed E-state index contributed by atoms with van der Waals surface area (Å²) >= 11 is 1.51. The highest BCUT2D eigenvalue weighted by Gasteiger charge is 2.24. The molecule has 1 aliphatic heterocycles. The van der Waals surface area contributed by atoms with Crippen molar-refractivity contribution in [1.82, 2.24) is 9.88 Å². The molecule has 0 aliphatic carbocycles. The monoisotopic (exact) mass is 307 g/mol. The Morgan fingerprint density at radius 3 is 2.62 bits per heavy atom. The molecule has 0 atom stereocenters. The van der Waals surface area contributed by atoms with E-state index in [9.17, 15) is 9.18 Å². The van der Waals surface area contributed by atoms with Crippen LogP contribution in [0.25, 0.3) is 10.2 Å². The zero-order valence-corrected chi connectivity index (χ0v) is 13.0. The van der Waals surface area contributed by atoms with Gasteiger partial charge in [-0.1, -0.05) is 31.3 Å². The molecule has 1 aromatic carbocycles. The summed E-state index contributed by atoms with van der Waals surface area (Å²) in [6.07, 6.45) is 0. The molecule has 1 saturated heterocycles. The lowest BCUT2D eigenvalue weighted by Crippen LogP contribution is -2.49. The summed E-state index contributed by atoms with van der Waals surface area (Å²) in [5.41, 5.74) is 0.443. The number of fused-ring (bicyclic) bond motifs is 1. The van der Waals surface area contributed by atoms with Crippen LogP contribution in [0, 0.1) is 11.7 Å². The van der Waals surface area contributed by atoms with Gasteiger partial charge in [-0.05, 0) is 12.1 Å². The van der Waals surface area contributed by atoms with Crippen molar-refractivity contribution in [1.29, 1.82) is 0 Å². The highest BCUT2D eigenvalue weighted by atomic mass is 32.1. The van der Waals surface area contributed by atoms with Crippen molar-refractivity contribution in [2.45, 2.75) is 13.8 Å². The van der Waals surface area contributed by atoms with E-state index in [1.165, 1.54) is 17.4 Å². The van der Waals surface area contributed by atoms with Crippen LogP contribution in [0.4, 0.5) is 9.52 Å². The van der Waals surface area contributed by atoms with Gasteiger partial charge in [-0.15, -0.1) is 0 Å². The number of anilines is 1. The minimum atomic E-state index is -0.274. The van der Waals surface area contributed by atoms with E-state index < -0.39 is 0 Å². The molecule has 2 aromatic rings. The summed E-state index contributed by atoms with van der Waals surface area (Å²) in [6, 6.07) is 5.03. The van der Waals surface area contributed by atoms with E-state index in [4.69, 9.17) is 0 Å². The van der Waals surface area contributed by atoms with Crippen LogP contribution < -0.4 is 4.90 Å². The molecule has 1 aliphatic rings. The standard InChI is InChI=1S/C15H18FN3OS/c1-10(2)14(20)18-6-8-19(9-7-18)15-17-13-11(16)4-3-5-12(13)21-15/h3-5,10H,6-9H2,1-2H3. The summed E-state index contributed by atoms with van der Waals surface area (Å²) < 4.78 is 14.6. The fraction of sp³-hybridized carbons (Fsp3) is 0.467. The molecule has 0 radical (unpaired) electrons. The van der Waals surface area contributed by atoms with Crippen LogP contribution in [-0.4, -0.2) is 42.0 Å². The smallest absolute Gasteiger partial charge is 0.225 e. The Morgan fingerprint density at radius 1 is 1.29 bits per heavy atom. The second-order valence-electron chi connectivity index (χ2n) is 5.55. The van der Waals surface area contributed by atoms with Crippen molar-refractivity contribution in [2.24, 2.45) is 5.92 Å². The van der Waals surface area contributed by atoms with Crippen molar-refractivity contribution in [3.63, 3.8) is 0 Å². The summed E-state index contributed by atoms with van der Waals surface area (Å²) in [7, 11) is 0. The first kappa shape index (κ1) is 14.3. The number of thiazole rings is 1. The Kier molecular flexibility index (Phi) is 3.80. The van der Waals surface area contributed by atoms with Crippen LogP contribution in [0.1, 0.15) is 13.8 Å². The molecular formula is C15H18FN3OS. The Balaban J connectivity index is 1.74. The zero-order chi connectivity index (χ0) is 15.0. The highest BCUT2D eigenvalue weighted by Crippen LogP contribution is 2.30. The van der Waals surface area contributed by atoms with Crippen molar-refractivity contribution >= 4 is 32.6 Å². The first-order valence-electron chi connectivity index (χ1n) is 7.15. The minimum absolute atomic E-state index is 0.0353. The van der Waals surface area contributed by atoms with Gasteiger partial charge in [0.05, 0.1) is 4.70 Å². The lowest BCUT2D eigenvalue weighted by Gasteiger charge is -2.35. The summed E-state index contributed by atoms with van der Waals surface area (Å²) in [4.78, 5) is 20.4. The second-order valence-corrected chi connectivity index (χ2v) is 6.56. The quantitative estimate of drug-likeness (QED) is 0.856. The van der Waals surface area contributed by atoms with E-state index in [0.717, 1.165) is 22.9 Å². The average Bonchev–Trinajstić information content (AvgIpc) is 2.92. The molecule has 21 heavy (non-hydrogen) atoms. The molecule has 1 fully saturated rings. The Morgan fingerprint density at radius 2 is 2.00 bits per heavy atom. The molecule has 112 valence electrons. The predicted octanol–water partition coefficient (Wildman–Crippen LogP) is 2.74. The number of carbonyl (C=O) groups excluding carboxylic acids is 1. The number of para-hydroxylation sites is 1. The number of aromatic nitrogens is 1. The van der Waals surface area contributed by atoms with Crippen molar-refractivity contribution in [3.05, 3.63) is 24.0 Å². The van der Waals surface area contributed by atoms with Crippen LogP contribution >= 0.6 is 11.3 Å². The molecule has 3 rings (SSSR count). The van der Waals surface area contributed by atoms with Crippen molar-refractivity contribution in [2.75, 3.05) is 31.1 Å². The van der Waals surface area contributed by atoms with E-state index in [1.807, 2.05) is 24.8 Å². The van der Waals surface area contributed by atoms with Gasteiger partial charge in [0.25, 0.3) is 0 Å². The van der Waals surface area contributed by atoms with Gasteiger partial charge < -0.3 is 9.80 Å². The van der Waals surface area contributed by atoms with E-state index in [1.54, 1.807) is 6.07 Å². The number of nitrogens with zero attached hydrogens (tertiary/aromatic N) is 3. The maximum atomic E-state index is 13.7. The molecular weight excluding hydrogens is 289 g/mol. The number of amides is 1. The Bertz CT molecular complexity index is 662. The minimum Gasteiger partial charge on any atom is -0.345 e. The van der Waals surface area contributed by atoms with Gasteiger partial charge in [0.15, 0.2) is 5.13 Å². The number of piperazine rings is 1. The molecule has 0 N–H and O–H groups in total. The van der Waals surface area contributed by atoms with Gasteiger partial charge in [-0.2, -0.15) is 0 Å². The van der Waals surface area contributed by atoms with Gasteiger partial charge in [0, 0.05) is 32.1 Å². The van der Waals surface area contributed by atoms with Crippen LogP contribution in [-0.2, 0) is 4.79 Å². The predicted molar refractivity (Wildman–Crippen MR) is 83.2 cm³/mol.